The number of hydrogen-bond donors (Lipinski definition) is 4. The Bertz CT molecular complexity index is 1320. The summed E-state index contributed by atoms with van der Waals surface area (Å²) in [6.45, 7) is 3.80. The van der Waals surface area contributed by atoms with Crippen molar-refractivity contribution in [3.8, 4) is 0 Å². The molecule has 6 unspecified atom stereocenters. The fraction of sp³-hybridized carbons (Fsp3) is 0.889. The quantitative estimate of drug-likeness (QED) is 0.0196. The molecule has 0 saturated carbocycles. The predicted octanol–water partition coefficient (Wildman–Crippen LogP) is 12.7. The van der Waals surface area contributed by atoms with E-state index in [0.717, 1.165) is 51.4 Å². The summed E-state index contributed by atoms with van der Waals surface area (Å²) in [4.78, 5) is 25.6. The molecule has 0 aromatic rings. The maximum atomic E-state index is 12.9. The molecule has 0 amide bonds. The predicted molar refractivity (Wildman–Crippen MR) is 270 cm³/mol. The zero-order valence-electron chi connectivity index (χ0n) is 42.5. The Labute approximate surface area is 408 Å². The molecule has 1 fully saturated rings. The van der Waals surface area contributed by atoms with Crippen LogP contribution in [0, 0.1) is 0 Å². The minimum Gasteiger partial charge on any atom is -0.462 e. The van der Waals surface area contributed by atoms with Crippen LogP contribution in [0.25, 0.3) is 0 Å². The van der Waals surface area contributed by atoms with Crippen LogP contribution in [0.1, 0.15) is 251 Å². The van der Waals surface area contributed by atoms with Gasteiger partial charge in [-0.15, -0.1) is 0 Å². The summed E-state index contributed by atoms with van der Waals surface area (Å²) < 4.78 is 54.3. The van der Waals surface area contributed by atoms with Crippen molar-refractivity contribution in [1.82, 2.24) is 0 Å². The maximum absolute atomic E-state index is 12.9. The highest BCUT2D eigenvalue weighted by Crippen LogP contribution is 2.24. The smallest absolute Gasteiger partial charge is 0.306 e. The number of allylic oxidation sites excluding steroid dienone is 4. The number of ether oxygens (including phenoxy) is 4. The molecule has 1 rings (SSSR count). The van der Waals surface area contributed by atoms with E-state index in [1.165, 1.54) is 161 Å². The first-order valence-electron chi connectivity index (χ1n) is 27.4. The van der Waals surface area contributed by atoms with Crippen LogP contribution in [0.15, 0.2) is 24.3 Å². The number of unbranched alkanes of at least 4 members (excludes halogenated alkanes) is 31. The van der Waals surface area contributed by atoms with Crippen molar-refractivity contribution < 1.29 is 56.8 Å². The van der Waals surface area contributed by atoms with Crippen molar-refractivity contribution in [3.05, 3.63) is 24.3 Å². The Morgan fingerprint density at radius 1 is 0.507 bits per heavy atom. The van der Waals surface area contributed by atoms with Crippen LogP contribution in [0.2, 0.25) is 0 Å². The minimum absolute atomic E-state index is 0.163. The molecule has 1 aliphatic rings. The zero-order chi connectivity index (χ0) is 49.1. The van der Waals surface area contributed by atoms with Crippen LogP contribution >= 0.6 is 0 Å². The summed E-state index contributed by atoms with van der Waals surface area (Å²) in [6, 6.07) is 0. The summed E-state index contributed by atoms with van der Waals surface area (Å²) >= 11 is 0. The normalized spacial score (nSPS) is 19.4. The number of rotatable bonds is 47. The van der Waals surface area contributed by atoms with Crippen molar-refractivity contribution in [2.24, 2.45) is 0 Å². The Morgan fingerprint density at radius 2 is 0.896 bits per heavy atom. The second-order valence-corrected chi connectivity index (χ2v) is 20.8. The van der Waals surface area contributed by atoms with Crippen LogP contribution < -0.4 is 0 Å². The van der Waals surface area contributed by atoms with Gasteiger partial charge in [0.25, 0.3) is 10.1 Å². The largest absolute Gasteiger partial charge is 0.462 e. The molecule has 0 spiro atoms. The van der Waals surface area contributed by atoms with Crippen LogP contribution in [-0.4, -0.2) is 96.0 Å². The number of aliphatic hydroxyl groups is 3. The van der Waals surface area contributed by atoms with Gasteiger partial charge in [0.1, 0.15) is 36.8 Å². The first-order valence-corrected chi connectivity index (χ1v) is 29.0. The topological polar surface area (TPSA) is 186 Å². The van der Waals surface area contributed by atoms with Gasteiger partial charge in [-0.05, 0) is 44.9 Å². The lowest BCUT2D eigenvalue weighted by atomic mass is 10.00. The van der Waals surface area contributed by atoms with Gasteiger partial charge < -0.3 is 34.3 Å². The standard InChI is InChI=1S/C54H100O12S/c1-3-5-7-9-11-13-15-17-19-21-23-24-25-27-29-31-33-35-37-39-41-43-50(56)65-47(45-64-54-53(59)52(58)51(57)48(66-54)46-67(60,61)62)44-63-49(55)42-40-38-36-34-32-30-28-26-22-20-18-16-14-12-10-8-6-4-2/h15,17,21,23,47-48,51-54,57-59H,3-14,16,18-20,22,24-46H2,1-2H3,(H,60,61,62)/b17-15-,23-21-. The summed E-state index contributed by atoms with van der Waals surface area (Å²) in [5.41, 5.74) is 0. The molecule has 394 valence electrons. The molecule has 0 aromatic carbocycles. The highest BCUT2D eigenvalue weighted by molar-refractivity contribution is 7.85. The number of carbonyl (C=O) groups excluding carboxylic acids is 2. The fourth-order valence-corrected chi connectivity index (χ4v) is 9.22. The van der Waals surface area contributed by atoms with Gasteiger partial charge in [0, 0.05) is 12.8 Å². The van der Waals surface area contributed by atoms with Crippen LogP contribution in [0.5, 0.6) is 0 Å². The molecule has 67 heavy (non-hydrogen) atoms. The average Bonchev–Trinajstić information content (AvgIpc) is 3.30. The van der Waals surface area contributed by atoms with Gasteiger partial charge in [0.05, 0.1) is 6.61 Å². The average molecular weight is 973 g/mol. The van der Waals surface area contributed by atoms with Gasteiger partial charge in [-0.25, -0.2) is 0 Å². The van der Waals surface area contributed by atoms with E-state index in [9.17, 15) is 37.9 Å². The van der Waals surface area contributed by atoms with Crippen molar-refractivity contribution in [2.45, 2.75) is 288 Å². The Hall–Kier alpha value is -1.87. The highest BCUT2D eigenvalue weighted by Gasteiger charge is 2.46. The number of hydrogen-bond acceptors (Lipinski definition) is 11. The summed E-state index contributed by atoms with van der Waals surface area (Å²) in [5, 5.41) is 31.0. The van der Waals surface area contributed by atoms with Crippen molar-refractivity contribution in [2.75, 3.05) is 19.0 Å². The maximum Gasteiger partial charge on any atom is 0.306 e. The van der Waals surface area contributed by atoms with E-state index in [2.05, 4.69) is 38.2 Å². The minimum atomic E-state index is -4.60. The second kappa shape index (κ2) is 44.1. The number of esters is 2. The molecule has 1 aliphatic heterocycles. The fourth-order valence-electron chi connectivity index (χ4n) is 8.53. The molecule has 13 heteroatoms. The van der Waals surface area contributed by atoms with Crippen molar-refractivity contribution in [1.29, 1.82) is 0 Å². The molecule has 6 atom stereocenters. The Kier molecular flexibility index (Phi) is 41.6. The summed E-state index contributed by atoms with van der Waals surface area (Å²) in [7, 11) is -4.60. The summed E-state index contributed by atoms with van der Waals surface area (Å²) in [6.07, 6.45) is 42.1. The van der Waals surface area contributed by atoms with E-state index in [-0.39, 0.29) is 19.4 Å². The monoisotopic (exact) mass is 973 g/mol. The van der Waals surface area contributed by atoms with E-state index < -0.39 is 71.2 Å². The van der Waals surface area contributed by atoms with Crippen molar-refractivity contribution in [3.63, 3.8) is 0 Å². The SMILES string of the molecule is CCCCCCC/C=C\C/C=C\CCCCCCCCCCCC(=O)OC(COC(=O)CCCCCCCCCCCCCCCCCCCC)COC1OC(CS(=O)(=O)O)C(O)C(O)C1O. The third kappa shape index (κ3) is 38.6. The van der Waals surface area contributed by atoms with Gasteiger partial charge in [-0.3, -0.25) is 14.1 Å². The third-order valence-electron chi connectivity index (χ3n) is 12.8. The van der Waals surface area contributed by atoms with E-state index in [4.69, 9.17) is 18.9 Å². The first kappa shape index (κ1) is 63.1. The lowest BCUT2D eigenvalue weighted by molar-refractivity contribution is -0.297. The number of carbonyl (C=O) groups is 2. The first-order chi connectivity index (χ1) is 32.5. The lowest BCUT2D eigenvalue weighted by Crippen LogP contribution is -2.60. The zero-order valence-corrected chi connectivity index (χ0v) is 43.3. The molecule has 0 aliphatic carbocycles. The second-order valence-electron chi connectivity index (χ2n) is 19.3. The van der Waals surface area contributed by atoms with Crippen LogP contribution in [0.4, 0.5) is 0 Å². The number of aliphatic hydroxyl groups excluding tert-OH is 3. The van der Waals surface area contributed by atoms with Crippen LogP contribution in [0.3, 0.4) is 0 Å². The lowest BCUT2D eigenvalue weighted by Gasteiger charge is -2.40. The van der Waals surface area contributed by atoms with Gasteiger partial charge in [0.2, 0.25) is 0 Å². The van der Waals surface area contributed by atoms with Gasteiger partial charge in [-0.2, -0.15) is 8.42 Å². The summed E-state index contributed by atoms with van der Waals surface area (Å²) in [5.74, 6) is -1.97. The Morgan fingerprint density at radius 3 is 1.31 bits per heavy atom. The molecule has 4 N–H and O–H groups in total. The van der Waals surface area contributed by atoms with E-state index in [1.54, 1.807) is 0 Å². The molecular formula is C54H100O12S. The van der Waals surface area contributed by atoms with Crippen molar-refractivity contribution >= 4 is 22.1 Å². The molecule has 0 aromatic heterocycles. The van der Waals surface area contributed by atoms with E-state index in [0.29, 0.717) is 12.8 Å². The van der Waals surface area contributed by atoms with Gasteiger partial charge in [-0.1, -0.05) is 218 Å². The Balaban J connectivity index is 2.34. The van der Waals surface area contributed by atoms with Crippen LogP contribution in [-0.2, 0) is 38.7 Å². The molecule has 1 heterocycles. The van der Waals surface area contributed by atoms with E-state index >= 15 is 0 Å². The molecule has 12 nitrogen and oxygen atoms in total. The highest BCUT2D eigenvalue weighted by atomic mass is 32.2. The molecular weight excluding hydrogens is 873 g/mol. The van der Waals surface area contributed by atoms with Gasteiger partial charge in [0.15, 0.2) is 12.4 Å². The molecule has 1 saturated heterocycles. The van der Waals surface area contributed by atoms with Gasteiger partial charge >= 0.3 is 11.9 Å². The third-order valence-corrected chi connectivity index (χ3v) is 13.5. The molecule has 0 radical (unpaired) electrons. The van der Waals surface area contributed by atoms with E-state index in [1.807, 2.05) is 0 Å². The molecule has 0 bridgehead atoms.